The van der Waals surface area contributed by atoms with Crippen molar-refractivity contribution < 1.29 is 18.6 Å². The Bertz CT molecular complexity index is 839. The average molecular weight is 353 g/mol. The van der Waals surface area contributed by atoms with Crippen molar-refractivity contribution in [1.29, 1.82) is 0 Å². The Kier molecular flexibility index (Phi) is 5.92. The van der Waals surface area contributed by atoms with Gasteiger partial charge in [-0.25, -0.2) is 4.98 Å². The molecule has 5 heteroatoms. The van der Waals surface area contributed by atoms with Crippen LogP contribution in [-0.4, -0.2) is 18.7 Å². The number of aromatic nitrogens is 1. The van der Waals surface area contributed by atoms with Crippen molar-refractivity contribution in [3.63, 3.8) is 0 Å². The molecule has 5 nitrogen and oxygen atoms in total. The molecule has 3 aromatic rings. The fourth-order valence-corrected chi connectivity index (χ4v) is 2.52. The van der Waals surface area contributed by atoms with E-state index in [2.05, 4.69) is 4.98 Å². The maximum absolute atomic E-state index is 5.97. The third-order valence-electron chi connectivity index (χ3n) is 3.92. The monoisotopic (exact) mass is 353 g/mol. The van der Waals surface area contributed by atoms with Crippen LogP contribution in [0.4, 0.5) is 0 Å². The Morgan fingerprint density at radius 2 is 1.81 bits per heavy atom. The molecule has 1 heterocycles. The number of methoxy groups -OCH3 is 1. The molecule has 0 saturated carbocycles. The van der Waals surface area contributed by atoms with E-state index in [1.807, 2.05) is 62.4 Å². The second kappa shape index (κ2) is 8.54. The van der Waals surface area contributed by atoms with Crippen LogP contribution >= 0.6 is 0 Å². The van der Waals surface area contributed by atoms with Gasteiger partial charge in [0.1, 0.15) is 23.8 Å². The molecule has 136 valence electrons. The largest absolute Gasteiger partial charge is 0.497 e. The highest BCUT2D eigenvalue weighted by Gasteiger charge is 2.16. The van der Waals surface area contributed by atoms with Crippen LogP contribution in [0.3, 0.4) is 0 Å². The average Bonchev–Trinajstić information content (AvgIpc) is 3.08. The number of hydrogen-bond donors (Lipinski definition) is 0. The van der Waals surface area contributed by atoms with Gasteiger partial charge in [0.05, 0.1) is 13.7 Å². The summed E-state index contributed by atoms with van der Waals surface area (Å²) in [7, 11) is 1.64. The van der Waals surface area contributed by atoms with Gasteiger partial charge in [0.2, 0.25) is 5.89 Å². The van der Waals surface area contributed by atoms with Gasteiger partial charge in [0, 0.05) is 12.2 Å². The first-order valence-electron chi connectivity index (χ1n) is 8.59. The zero-order valence-electron chi connectivity index (χ0n) is 15.3. The van der Waals surface area contributed by atoms with Crippen LogP contribution < -0.4 is 9.47 Å². The zero-order valence-corrected chi connectivity index (χ0v) is 15.3. The van der Waals surface area contributed by atoms with Crippen molar-refractivity contribution in [2.24, 2.45) is 0 Å². The fourth-order valence-electron chi connectivity index (χ4n) is 2.52. The van der Waals surface area contributed by atoms with Gasteiger partial charge in [-0.2, -0.15) is 0 Å². The minimum absolute atomic E-state index is 0.301. The number of benzene rings is 2. The van der Waals surface area contributed by atoms with E-state index in [9.17, 15) is 0 Å². The first kappa shape index (κ1) is 18.0. The molecule has 0 unspecified atom stereocenters. The topological polar surface area (TPSA) is 53.7 Å². The summed E-state index contributed by atoms with van der Waals surface area (Å²) in [5.41, 5.74) is 2.78. The molecular weight excluding hydrogens is 330 g/mol. The summed E-state index contributed by atoms with van der Waals surface area (Å²) in [6, 6.07) is 15.5. The van der Waals surface area contributed by atoms with Gasteiger partial charge in [-0.05, 0) is 55.8 Å². The zero-order chi connectivity index (χ0) is 18.4. The molecule has 0 spiro atoms. The van der Waals surface area contributed by atoms with E-state index in [-0.39, 0.29) is 0 Å². The van der Waals surface area contributed by atoms with Gasteiger partial charge >= 0.3 is 0 Å². The van der Waals surface area contributed by atoms with Crippen LogP contribution in [0.5, 0.6) is 11.5 Å². The Morgan fingerprint density at radius 3 is 2.50 bits per heavy atom. The van der Waals surface area contributed by atoms with Crippen molar-refractivity contribution in [3.8, 4) is 23.0 Å². The predicted molar refractivity (Wildman–Crippen MR) is 99.3 cm³/mol. The van der Waals surface area contributed by atoms with Crippen molar-refractivity contribution in [3.05, 3.63) is 65.5 Å². The van der Waals surface area contributed by atoms with Crippen LogP contribution in [0.15, 0.2) is 52.9 Å². The van der Waals surface area contributed by atoms with Gasteiger partial charge in [-0.15, -0.1) is 0 Å². The highest BCUT2D eigenvalue weighted by atomic mass is 16.5. The van der Waals surface area contributed by atoms with Crippen LogP contribution in [0.25, 0.3) is 11.5 Å². The lowest BCUT2D eigenvalue weighted by Crippen LogP contribution is -2.00. The van der Waals surface area contributed by atoms with Crippen LogP contribution in [-0.2, 0) is 18.0 Å². The van der Waals surface area contributed by atoms with E-state index < -0.39 is 0 Å². The Morgan fingerprint density at radius 1 is 1.00 bits per heavy atom. The summed E-state index contributed by atoms with van der Waals surface area (Å²) in [6.07, 6.45) is 0. The Hall–Kier alpha value is -2.79. The van der Waals surface area contributed by atoms with Crippen molar-refractivity contribution in [1.82, 2.24) is 4.98 Å². The molecule has 0 amide bonds. The summed E-state index contributed by atoms with van der Waals surface area (Å²) in [4.78, 5) is 4.59. The second-order valence-electron chi connectivity index (χ2n) is 5.86. The van der Waals surface area contributed by atoms with Crippen molar-refractivity contribution in [2.75, 3.05) is 13.7 Å². The lowest BCUT2D eigenvalue weighted by Gasteiger charge is -2.06. The Labute approximate surface area is 153 Å². The highest BCUT2D eigenvalue weighted by Crippen LogP contribution is 2.26. The van der Waals surface area contributed by atoms with Gasteiger partial charge in [-0.3, -0.25) is 0 Å². The highest BCUT2D eigenvalue weighted by molar-refractivity contribution is 5.55. The van der Waals surface area contributed by atoms with Gasteiger partial charge < -0.3 is 18.6 Å². The van der Waals surface area contributed by atoms with E-state index in [1.165, 1.54) is 0 Å². The van der Waals surface area contributed by atoms with Gasteiger partial charge in [0.25, 0.3) is 0 Å². The second-order valence-corrected chi connectivity index (χ2v) is 5.86. The minimum Gasteiger partial charge on any atom is -0.497 e. The quantitative estimate of drug-likeness (QED) is 0.584. The third kappa shape index (κ3) is 4.43. The van der Waals surface area contributed by atoms with Crippen LogP contribution in [0, 0.1) is 6.92 Å². The molecule has 2 aromatic carbocycles. The first-order valence-corrected chi connectivity index (χ1v) is 8.59. The molecule has 0 fully saturated rings. The molecule has 3 rings (SSSR count). The molecule has 0 saturated heterocycles. The van der Waals surface area contributed by atoms with Crippen LogP contribution in [0.2, 0.25) is 0 Å². The molecule has 0 bridgehead atoms. The number of rotatable bonds is 8. The third-order valence-corrected chi connectivity index (χ3v) is 3.92. The smallest absolute Gasteiger partial charge is 0.226 e. The molecule has 0 radical (unpaired) electrons. The molecule has 0 aliphatic heterocycles. The van der Waals surface area contributed by atoms with Crippen molar-refractivity contribution >= 4 is 0 Å². The Balaban J connectivity index is 1.81. The van der Waals surface area contributed by atoms with E-state index in [4.69, 9.17) is 18.6 Å². The normalized spacial score (nSPS) is 10.7. The number of aryl methyl sites for hydroxylation is 1. The van der Waals surface area contributed by atoms with E-state index >= 15 is 0 Å². The molecule has 26 heavy (non-hydrogen) atoms. The molecule has 1 aromatic heterocycles. The minimum atomic E-state index is 0.301. The lowest BCUT2D eigenvalue weighted by molar-refractivity contribution is 0.128. The molecule has 0 aliphatic rings. The maximum atomic E-state index is 5.97. The summed E-state index contributed by atoms with van der Waals surface area (Å²) in [6.45, 7) is 5.29. The standard InChI is InChI=1S/C21H23NO4/c1-4-24-13-19-20(14-25-18-7-5-6-15(2)12-18)26-21(22-19)16-8-10-17(23-3)11-9-16/h5-12H,4,13-14H2,1-3H3. The maximum Gasteiger partial charge on any atom is 0.226 e. The number of nitrogens with zero attached hydrogens (tertiary/aromatic N) is 1. The first-order chi connectivity index (χ1) is 12.7. The summed E-state index contributed by atoms with van der Waals surface area (Å²) in [5.74, 6) is 2.81. The van der Waals surface area contributed by atoms with E-state index in [0.717, 1.165) is 28.3 Å². The van der Waals surface area contributed by atoms with Gasteiger partial charge in [0.15, 0.2) is 5.76 Å². The summed E-state index contributed by atoms with van der Waals surface area (Å²) < 4.78 is 22.5. The summed E-state index contributed by atoms with van der Waals surface area (Å²) >= 11 is 0. The number of hydrogen-bond acceptors (Lipinski definition) is 5. The molecule has 0 aliphatic carbocycles. The lowest BCUT2D eigenvalue weighted by atomic mass is 10.2. The SMILES string of the molecule is CCOCc1nc(-c2ccc(OC)cc2)oc1COc1cccc(C)c1. The van der Waals surface area contributed by atoms with E-state index in [1.54, 1.807) is 7.11 Å². The molecule has 0 atom stereocenters. The van der Waals surface area contributed by atoms with Gasteiger partial charge in [-0.1, -0.05) is 12.1 Å². The van der Waals surface area contributed by atoms with E-state index in [0.29, 0.717) is 31.5 Å². The molecule has 0 N–H and O–H groups in total. The molecular formula is C21H23NO4. The number of oxazole rings is 1. The summed E-state index contributed by atoms with van der Waals surface area (Å²) in [5, 5.41) is 0. The predicted octanol–water partition coefficient (Wildman–Crippen LogP) is 4.77. The van der Waals surface area contributed by atoms with Crippen molar-refractivity contribution in [2.45, 2.75) is 27.1 Å². The number of ether oxygens (including phenoxy) is 3. The fraction of sp³-hybridized carbons (Fsp3) is 0.286. The van der Waals surface area contributed by atoms with Crippen LogP contribution in [0.1, 0.15) is 23.9 Å².